The highest BCUT2D eigenvalue weighted by Gasteiger charge is 2.31. The van der Waals surface area contributed by atoms with Crippen LogP contribution in [0.15, 0.2) is 30.3 Å². The summed E-state index contributed by atoms with van der Waals surface area (Å²) in [5, 5.41) is 12.5. The quantitative estimate of drug-likeness (QED) is 0.918. The summed E-state index contributed by atoms with van der Waals surface area (Å²) in [5.74, 6) is 0.230. The van der Waals surface area contributed by atoms with Crippen molar-refractivity contribution in [3.05, 3.63) is 35.9 Å². The summed E-state index contributed by atoms with van der Waals surface area (Å²) < 4.78 is 0. The Morgan fingerprint density at radius 3 is 2.52 bits per heavy atom. The van der Waals surface area contributed by atoms with Crippen LogP contribution in [0, 0.1) is 23.2 Å². The zero-order valence-corrected chi connectivity index (χ0v) is 12.9. The zero-order valence-electron chi connectivity index (χ0n) is 12.9. The van der Waals surface area contributed by atoms with Crippen LogP contribution in [-0.2, 0) is 4.79 Å². The Balaban J connectivity index is 2.07. The van der Waals surface area contributed by atoms with Gasteiger partial charge in [-0.05, 0) is 30.2 Å². The maximum Gasteiger partial charge on any atom is 0.242 e. The highest BCUT2D eigenvalue weighted by molar-refractivity contribution is 5.86. The van der Waals surface area contributed by atoms with E-state index in [1.54, 1.807) is 0 Å². The molecule has 1 fully saturated rings. The monoisotopic (exact) mass is 284 g/mol. The lowest BCUT2D eigenvalue weighted by molar-refractivity contribution is -0.122. The minimum atomic E-state index is -0.707. The van der Waals surface area contributed by atoms with Crippen molar-refractivity contribution in [2.45, 2.75) is 51.5 Å². The molecule has 1 N–H and O–H groups in total. The minimum Gasteiger partial charge on any atom is -0.352 e. The van der Waals surface area contributed by atoms with Crippen LogP contribution in [0.3, 0.4) is 0 Å². The summed E-state index contributed by atoms with van der Waals surface area (Å²) in [7, 11) is 0. The van der Waals surface area contributed by atoms with Gasteiger partial charge in [0, 0.05) is 6.04 Å². The molecular formula is C18H24N2O. The first kappa shape index (κ1) is 15.6. The molecule has 1 amide bonds. The normalized spacial score (nSPS) is 23.3. The van der Waals surface area contributed by atoms with Gasteiger partial charge in [-0.1, -0.05) is 57.0 Å². The third kappa shape index (κ3) is 3.85. The molecule has 0 spiro atoms. The third-order valence-electron chi connectivity index (χ3n) is 4.53. The van der Waals surface area contributed by atoms with E-state index in [1.165, 1.54) is 12.8 Å². The molecule has 2 rings (SSSR count). The molecule has 1 aromatic carbocycles. The van der Waals surface area contributed by atoms with Crippen molar-refractivity contribution in [2.75, 3.05) is 0 Å². The molecule has 0 radical (unpaired) electrons. The van der Waals surface area contributed by atoms with Gasteiger partial charge >= 0.3 is 0 Å². The predicted octanol–water partition coefficient (Wildman–Crippen LogP) is 3.62. The van der Waals surface area contributed by atoms with Gasteiger partial charge in [0.2, 0.25) is 5.91 Å². The van der Waals surface area contributed by atoms with Gasteiger partial charge in [0.25, 0.3) is 0 Å². The Hall–Kier alpha value is -1.82. The summed E-state index contributed by atoms with van der Waals surface area (Å²) in [6.45, 7) is 4.43. The van der Waals surface area contributed by atoms with Crippen LogP contribution < -0.4 is 5.32 Å². The molecule has 1 aromatic rings. The molecule has 0 heterocycles. The van der Waals surface area contributed by atoms with Crippen LogP contribution in [0.4, 0.5) is 0 Å². The number of rotatable bonds is 4. The van der Waals surface area contributed by atoms with Crippen molar-refractivity contribution < 1.29 is 4.79 Å². The van der Waals surface area contributed by atoms with E-state index in [1.807, 2.05) is 30.3 Å². The van der Waals surface area contributed by atoms with Crippen molar-refractivity contribution in [2.24, 2.45) is 11.8 Å². The van der Waals surface area contributed by atoms with E-state index in [0.717, 1.165) is 18.4 Å². The number of amides is 1. The van der Waals surface area contributed by atoms with Gasteiger partial charge in [-0.25, -0.2) is 0 Å². The molecule has 21 heavy (non-hydrogen) atoms. The van der Waals surface area contributed by atoms with Gasteiger partial charge in [0.05, 0.1) is 6.07 Å². The largest absolute Gasteiger partial charge is 0.352 e. The smallest absolute Gasteiger partial charge is 0.242 e. The molecule has 1 aliphatic carbocycles. The van der Waals surface area contributed by atoms with Crippen LogP contribution in [0.2, 0.25) is 0 Å². The minimum absolute atomic E-state index is 0.152. The van der Waals surface area contributed by atoms with E-state index in [4.69, 9.17) is 0 Å². The van der Waals surface area contributed by atoms with E-state index < -0.39 is 5.92 Å². The van der Waals surface area contributed by atoms with Gasteiger partial charge < -0.3 is 5.32 Å². The first-order valence-electron chi connectivity index (χ1n) is 7.88. The van der Waals surface area contributed by atoms with Gasteiger partial charge in [0.15, 0.2) is 0 Å². The van der Waals surface area contributed by atoms with Crippen molar-refractivity contribution in [1.29, 1.82) is 5.26 Å². The predicted molar refractivity (Wildman–Crippen MR) is 83.5 cm³/mol. The standard InChI is InChI=1S/C18H24N2O/c1-13(2)15-10-6-7-11-17(15)20-18(21)16(12-19)14-8-4-3-5-9-14/h3-5,8-9,13,15-17H,6-7,10-11H2,1-2H3,(H,20,21). The summed E-state index contributed by atoms with van der Waals surface area (Å²) in [4.78, 5) is 12.5. The number of hydrogen-bond acceptors (Lipinski definition) is 2. The van der Waals surface area contributed by atoms with Crippen molar-refractivity contribution in [3.63, 3.8) is 0 Å². The van der Waals surface area contributed by atoms with Crippen LogP contribution in [0.25, 0.3) is 0 Å². The number of nitrogens with zero attached hydrogens (tertiary/aromatic N) is 1. The average Bonchev–Trinajstić information content (AvgIpc) is 2.49. The lowest BCUT2D eigenvalue weighted by Crippen LogP contribution is -2.45. The molecule has 0 aromatic heterocycles. The summed E-state index contributed by atoms with van der Waals surface area (Å²) in [5.41, 5.74) is 0.773. The Kier molecular flexibility index (Phi) is 5.38. The Labute approximate surface area is 127 Å². The second-order valence-electron chi connectivity index (χ2n) is 6.28. The van der Waals surface area contributed by atoms with Gasteiger partial charge in [-0.3, -0.25) is 4.79 Å². The average molecular weight is 284 g/mol. The molecule has 1 saturated carbocycles. The maximum absolute atomic E-state index is 12.5. The summed E-state index contributed by atoms with van der Waals surface area (Å²) in [6, 6.07) is 11.7. The van der Waals surface area contributed by atoms with Crippen LogP contribution in [-0.4, -0.2) is 11.9 Å². The molecule has 3 heteroatoms. The molecule has 0 bridgehead atoms. The second-order valence-corrected chi connectivity index (χ2v) is 6.28. The molecule has 1 aliphatic rings. The Bertz CT molecular complexity index is 504. The number of hydrogen-bond donors (Lipinski definition) is 1. The van der Waals surface area contributed by atoms with Crippen molar-refractivity contribution in [3.8, 4) is 6.07 Å². The molecule has 3 atom stereocenters. The SMILES string of the molecule is CC(C)C1CCCCC1NC(=O)C(C#N)c1ccccc1. The number of nitriles is 1. The van der Waals surface area contributed by atoms with E-state index in [0.29, 0.717) is 11.8 Å². The number of benzene rings is 1. The third-order valence-corrected chi connectivity index (χ3v) is 4.53. The van der Waals surface area contributed by atoms with Gasteiger partial charge in [-0.15, -0.1) is 0 Å². The Morgan fingerprint density at radius 2 is 1.90 bits per heavy atom. The maximum atomic E-state index is 12.5. The highest BCUT2D eigenvalue weighted by atomic mass is 16.1. The van der Waals surface area contributed by atoms with Crippen LogP contribution in [0.5, 0.6) is 0 Å². The van der Waals surface area contributed by atoms with Gasteiger partial charge in [0.1, 0.15) is 5.92 Å². The van der Waals surface area contributed by atoms with Crippen LogP contribution >= 0.6 is 0 Å². The van der Waals surface area contributed by atoms with Crippen molar-refractivity contribution in [1.82, 2.24) is 5.32 Å². The van der Waals surface area contributed by atoms with E-state index in [-0.39, 0.29) is 11.9 Å². The van der Waals surface area contributed by atoms with E-state index in [2.05, 4.69) is 25.2 Å². The van der Waals surface area contributed by atoms with E-state index >= 15 is 0 Å². The molecule has 3 nitrogen and oxygen atoms in total. The first-order valence-corrected chi connectivity index (χ1v) is 7.88. The van der Waals surface area contributed by atoms with Crippen molar-refractivity contribution >= 4 is 5.91 Å². The summed E-state index contributed by atoms with van der Waals surface area (Å²) >= 11 is 0. The second kappa shape index (κ2) is 7.26. The number of carbonyl (C=O) groups is 1. The fourth-order valence-electron chi connectivity index (χ4n) is 3.33. The summed E-state index contributed by atoms with van der Waals surface area (Å²) in [6.07, 6.45) is 4.61. The molecule has 3 unspecified atom stereocenters. The van der Waals surface area contributed by atoms with Gasteiger partial charge in [-0.2, -0.15) is 5.26 Å². The fourth-order valence-corrected chi connectivity index (χ4v) is 3.33. The lowest BCUT2D eigenvalue weighted by Gasteiger charge is -2.35. The number of carbonyl (C=O) groups excluding carboxylic acids is 1. The number of nitrogens with one attached hydrogen (secondary N) is 1. The fraction of sp³-hybridized carbons (Fsp3) is 0.556. The zero-order chi connectivity index (χ0) is 15.2. The Morgan fingerprint density at radius 1 is 1.24 bits per heavy atom. The van der Waals surface area contributed by atoms with E-state index in [9.17, 15) is 10.1 Å². The molecule has 0 saturated heterocycles. The van der Waals surface area contributed by atoms with Crippen LogP contribution in [0.1, 0.15) is 51.0 Å². The first-order chi connectivity index (χ1) is 10.1. The lowest BCUT2D eigenvalue weighted by atomic mass is 9.77. The molecule has 112 valence electrons. The molecular weight excluding hydrogens is 260 g/mol. The molecule has 0 aliphatic heterocycles. The highest BCUT2D eigenvalue weighted by Crippen LogP contribution is 2.30. The topological polar surface area (TPSA) is 52.9 Å².